The molecule has 0 aliphatic rings. The highest BCUT2D eigenvalue weighted by molar-refractivity contribution is 7.24. The van der Waals surface area contributed by atoms with E-state index in [1.165, 1.54) is 5.56 Å². The molecule has 23 heavy (non-hydrogen) atoms. The fourth-order valence-electron chi connectivity index (χ4n) is 2.71. The van der Waals surface area contributed by atoms with Gasteiger partial charge in [-0.1, -0.05) is 42.5 Å². The maximum absolute atomic E-state index is 12.7. The van der Waals surface area contributed by atoms with Crippen LogP contribution in [0.25, 0.3) is 20.2 Å². The Kier molecular flexibility index (Phi) is 3.56. The Balaban J connectivity index is 1.74. The van der Waals surface area contributed by atoms with Crippen LogP contribution in [0.15, 0.2) is 77.6 Å². The van der Waals surface area contributed by atoms with E-state index in [0.717, 1.165) is 32.4 Å². The second-order valence-corrected chi connectivity index (χ2v) is 6.56. The van der Waals surface area contributed by atoms with Gasteiger partial charge in [-0.2, -0.15) is 0 Å². The maximum atomic E-state index is 12.7. The molecule has 1 heterocycles. The Morgan fingerprint density at radius 1 is 0.783 bits per heavy atom. The Labute approximate surface area is 138 Å². The third-order valence-electron chi connectivity index (χ3n) is 3.92. The molecule has 0 unspecified atom stereocenters. The summed E-state index contributed by atoms with van der Waals surface area (Å²) in [4.78, 5) is 12.7. The van der Waals surface area contributed by atoms with Crippen molar-refractivity contribution in [3.8, 4) is 0 Å². The zero-order valence-electron chi connectivity index (χ0n) is 12.5. The van der Waals surface area contributed by atoms with Crippen LogP contribution >= 0.6 is 11.3 Å². The Hall–Kier alpha value is -2.65. The molecule has 3 aromatic carbocycles. The quantitative estimate of drug-likeness (QED) is 0.537. The molecule has 2 nitrogen and oxygen atoms in total. The van der Waals surface area contributed by atoms with E-state index in [1.54, 1.807) is 11.3 Å². The molecule has 4 rings (SSSR count). The van der Waals surface area contributed by atoms with E-state index < -0.39 is 0 Å². The number of hydrogen-bond donors (Lipinski definition) is 1. The van der Waals surface area contributed by atoms with Gasteiger partial charge in [0, 0.05) is 32.4 Å². The molecule has 0 atom stereocenters. The summed E-state index contributed by atoms with van der Waals surface area (Å²) in [6.45, 7) is 0.748. The van der Waals surface area contributed by atoms with Crippen molar-refractivity contribution >= 4 is 37.2 Å². The second-order valence-electron chi connectivity index (χ2n) is 5.48. The van der Waals surface area contributed by atoms with Crippen molar-refractivity contribution in [3.63, 3.8) is 0 Å². The van der Waals surface area contributed by atoms with Gasteiger partial charge >= 0.3 is 0 Å². The molecule has 0 bridgehead atoms. The summed E-state index contributed by atoms with van der Waals surface area (Å²) in [5.74, 6) is 0. The van der Waals surface area contributed by atoms with Crippen LogP contribution in [0.5, 0.6) is 0 Å². The van der Waals surface area contributed by atoms with Crippen molar-refractivity contribution in [2.75, 3.05) is 5.32 Å². The number of nitrogens with one attached hydrogen (secondary N) is 1. The lowest BCUT2D eigenvalue weighted by atomic mass is 10.1. The molecular formula is C20H15NOS. The zero-order valence-corrected chi connectivity index (χ0v) is 13.3. The summed E-state index contributed by atoms with van der Waals surface area (Å²) < 4.78 is 2.06. The van der Waals surface area contributed by atoms with Gasteiger partial charge in [-0.15, -0.1) is 11.3 Å². The number of fused-ring (bicyclic) bond motifs is 2. The average Bonchev–Trinajstić information content (AvgIpc) is 2.61. The van der Waals surface area contributed by atoms with Crippen molar-refractivity contribution in [2.24, 2.45) is 0 Å². The van der Waals surface area contributed by atoms with Crippen LogP contribution in [-0.4, -0.2) is 0 Å². The molecule has 0 radical (unpaired) electrons. The highest BCUT2D eigenvalue weighted by atomic mass is 32.1. The molecule has 3 heteroatoms. The van der Waals surface area contributed by atoms with E-state index in [2.05, 4.69) is 17.4 Å². The minimum atomic E-state index is 0.109. The van der Waals surface area contributed by atoms with Crippen molar-refractivity contribution in [1.82, 2.24) is 0 Å². The average molecular weight is 317 g/mol. The van der Waals surface area contributed by atoms with Gasteiger partial charge < -0.3 is 5.32 Å². The molecule has 0 aliphatic heterocycles. The molecule has 0 amide bonds. The largest absolute Gasteiger partial charge is 0.381 e. The van der Waals surface area contributed by atoms with E-state index >= 15 is 0 Å². The highest BCUT2D eigenvalue weighted by Crippen LogP contribution is 2.26. The standard InChI is InChI=1S/C20H15NOS/c22-20-16-8-4-5-9-18(16)23-19-11-10-15(12-17(19)20)21-13-14-6-2-1-3-7-14/h1-12,21H,13H2. The second kappa shape index (κ2) is 5.86. The molecule has 4 aromatic rings. The first-order valence-corrected chi connectivity index (χ1v) is 8.36. The third-order valence-corrected chi connectivity index (χ3v) is 5.07. The molecule has 112 valence electrons. The Morgan fingerprint density at radius 2 is 1.52 bits per heavy atom. The van der Waals surface area contributed by atoms with E-state index in [1.807, 2.05) is 60.7 Å². The number of hydrogen-bond acceptors (Lipinski definition) is 3. The van der Waals surface area contributed by atoms with Gasteiger partial charge in [0.2, 0.25) is 0 Å². The predicted octanol–water partition coefficient (Wildman–Crippen LogP) is 5.03. The van der Waals surface area contributed by atoms with Crippen LogP contribution in [-0.2, 0) is 6.54 Å². The molecule has 0 saturated carbocycles. The monoisotopic (exact) mass is 317 g/mol. The lowest BCUT2D eigenvalue weighted by Gasteiger charge is -2.08. The van der Waals surface area contributed by atoms with Gasteiger partial charge in [-0.05, 0) is 35.9 Å². The fourth-order valence-corrected chi connectivity index (χ4v) is 3.77. The van der Waals surface area contributed by atoms with Crippen LogP contribution < -0.4 is 10.7 Å². The zero-order chi connectivity index (χ0) is 15.6. The molecule has 0 fully saturated rings. The lowest BCUT2D eigenvalue weighted by molar-refractivity contribution is 1.15. The number of benzene rings is 3. The van der Waals surface area contributed by atoms with Crippen molar-refractivity contribution < 1.29 is 0 Å². The molecule has 0 saturated heterocycles. The van der Waals surface area contributed by atoms with Crippen molar-refractivity contribution in [2.45, 2.75) is 6.54 Å². The molecule has 0 spiro atoms. The summed E-state index contributed by atoms with van der Waals surface area (Å²) in [6, 6.07) is 24.1. The first-order chi connectivity index (χ1) is 11.3. The number of anilines is 1. The summed E-state index contributed by atoms with van der Waals surface area (Å²) in [5, 5.41) is 4.97. The topological polar surface area (TPSA) is 29.1 Å². The van der Waals surface area contributed by atoms with Gasteiger partial charge in [-0.3, -0.25) is 4.79 Å². The minimum Gasteiger partial charge on any atom is -0.381 e. The van der Waals surface area contributed by atoms with Gasteiger partial charge in [0.05, 0.1) is 0 Å². The Morgan fingerprint density at radius 3 is 2.39 bits per heavy atom. The van der Waals surface area contributed by atoms with Gasteiger partial charge in [0.15, 0.2) is 5.43 Å². The van der Waals surface area contributed by atoms with E-state index in [9.17, 15) is 4.79 Å². The van der Waals surface area contributed by atoms with E-state index in [0.29, 0.717) is 0 Å². The summed E-state index contributed by atoms with van der Waals surface area (Å²) >= 11 is 1.66. The van der Waals surface area contributed by atoms with Crippen LogP contribution in [0.2, 0.25) is 0 Å². The van der Waals surface area contributed by atoms with Crippen LogP contribution in [0.1, 0.15) is 5.56 Å². The summed E-state index contributed by atoms with van der Waals surface area (Å²) in [6.07, 6.45) is 0. The maximum Gasteiger partial charge on any atom is 0.195 e. The van der Waals surface area contributed by atoms with Crippen LogP contribution in [0, 0.1) is 0 Å². The van der Waals surface area contributed by atoms with Gasteiger partial charge in [0.1, 0.15) is 0 Å². The van der Waals surface area contributed by atoms with Gasteiger partial charge in [0.25, 0.3) is 0 Å². The normalized spacial score (nSPS) is 11.0. The summed E-state index contributed by atoms with van der Waals surface area (Å²) in [5.41, 5.74) is 2.30. The Bertz CT molecular complexity index is 1040. The summed E-state index contributed by atoms with van der Waals surface area (Å²) in [7, 11) is 0. The molecule has 1 aromatic heterocycles. The minimum absolute atomic E-state index is 0.109. The molecular weight excluding hydrogens is 302 g/mol. The van der Waals surface area contributed by atoms with Crippen LogP contribution in [0.3, 0.4) is 0 Å². The predicted molar refractivity (Wildman–Crippen MR) is 99.4 cm³/mol. The third kappa shape index (κ3) is 2.71. The fraction of sp³-hybridized carbons (Fsp3) is 0.0500. The van der Waals surface area contributed by atoms with E-state index in [4.69, 9.17) is 0 Å². The first-order valence-electron chi connectivity index (χ1n) is 7.55. The van der Waals surface area contributed by atoms with E-state index in [-0.39, 0.29) is 5.43 Å². The van der Waals surface area contributed by atoms with Gasteiger partial charge in [-0.25, -0.2) is 0 Å². The molecule has 1 N–H and O–H groups in total. The highest BCUT2D eigenvalue weighted by Gasteiger charge is 2.06. The number of rotatable bonds is 3. The van der Waals surface area contributed by atoms with Crippen LogP contribution in [0.4, 0.5) is 5.69 Å². The van der Waals surface area contributed by atoms with Crippen molar-refractivity contribution in [3.05, 3.63) is 88.6 Å². The SMILES string of the molecule is O=c1c2ccccc2sc2ccc(NCc3ccccc3)cc12. The smallest absolute Gasteiger partial charge is 0.195 e. The molecule has 0 aliphatic carbocycles. The first kappa shape index (κ1) is 14.0. The van der Waals surface area contributed by atoms with Crippen molar-refractivity contribution in [1.29, 1.82) is 0 Å². The lowest BCUT2D eigenvalue weighted by Crippen LogP contribution is -2.03.